The largest absolute Gasteiger partial charge is 0.325 e. The Balaban J connectivity index is 1.61. The molecule has 0 saturated carbocycles. The SMILES string of the molecule is CCn1c(SCC(=O)Nc2ccc(C)c(Cl)c2)nc2c(-c3ccccc3)nsc2c1=O. The topological polar surface area (TPSA) is 76.9 Å². The number of halogens is 1. The van der Waals surface area contributed by atoms with E-state index in [1.807, 2.05) is 50.2 Å². The van der Waals surface area contributed by atoms with Crippen LogP contribution in [0.15, 0.2) is 58.5 Å². The van der Waals surface area contributed by atoms with Gasteiger partial charge in [0.15, 0.2) is 5.16 Å². The Kier molecular flexibility index (Phi) is 6.41. The monoisotopic (exact) mass is 470 g/mol. The van der Waals surface area contributed by atoms with Crippen LogP contribution in [-0.4, -0.2) is 25.6 Å². The molecule has 0 spiro atoms. The van der Waals surface area contributed by atoms with E-state index in [-0.39, 0.29) is 17.2 Å². The Morgan fingerprint density at radius 1 is 1.23 bits per heavy atom. The van der Waals surface area contributed by atoms with Crippen LogP contribution in [0.25, 0.3) is 21.5 Å². The Labute approximate surface area is 192 Å². The number of benzene rings is 2. The van der Waals surface area contributed by atoms with Crippen LogP contribution in [0.3, 0.4) is 0 Å². The average Bonchev–Trinajstić information content (AvgIpc) is 3.20. The van der Waals surface area contributed by atoms with Crippen molar-refractivity contribution in [2.75, 3.05) is 11.1 Å². The van der Waals surface area contributed by atoms with Crippen molar-refractivity contribution in [1.29, 1.82) is 0 Å². The van der Waals surface area contributed by atoms with Gasteiger partial charge in [0.1, 0.15) is 15.9 Å². The number of nitrogens with one attached hydrogen (secondary N) is 1. The van der Waals surface area contributed by atoms with E-state index in [9.17, 15) is 9.59 Å². The lowest BCUT2D eigenvalue weighted by Crippen LogP contribution is -2.22. The second-order valence-electron chi connectivity index (χ2n) is 6.82. The van der Waals surface area contributed by atoms with Gasteiger partial charge in [-0.25, -0.2) is 4.98 Å². The number of rotatable bonds is 6. The first-order valence-electron chi connectivity index (χ1n) is 9.62. The minimum atomic E-state index is -0.200. The third kappa shape index (κ3) is 4.51. The molecule has 0 aliphatic carbocycles. The molecular weight excluding hydrogens is 452 g/mol. The Morgan fingerprint density at radius 2 is 2.00 bits per heavy atom. The molecule has 1 N–H and O–H groups in total. The van der Waals surface area contributed by atoms with Gasteiger partial charge in [-0.3, -0.25) is 14.2 Å². The minimum Gasteiger partial charge on any atom is -0.325 e. The summed E-state index contributed by atoms with van der Waals surface area (Å²) in [5, 5.41) is 3.92. The van der Waals surface area contributed by atoms with Crippen molar-refractivity contribution in [2.24, 2.45) is 0 Å². The zero-order valence-electron chi connectivity index (χ0n) is 16.9. The highest BCUT2D eigenvalue weighted by Gasteiger charge is 2.18. The molecule has 4 aromatic rings. The highest BCUT2D eigenvalue weighted by Crippen LogP contribution is 2.29. The summed E-state index contributed by atoms with van der Waals surface area (Å²) >= 11 is 8.51. The van der Waals surface area contributed by atoms with Gasteiger partial charge in [0.2, 0.25) is 5.91 Å². The fourth-order valence-corrected chi connectivity index (χ4v) is 4.90. The molecular formula is C22H19ClN4O2S2. The summed E-state index contributed by atoms with van der Waals surface area (Å²) in [6.07, 6.45) is 0. The smallest absolute Gasteiger partial charge is 0.273 e. The number of aromatic nitrogens is 3. The van der Waals surface area contributed by atoms with Gasteiger partial charge in [0, 0.05) is 22.8 Å². The third-order valence-electron chi connectivity index (χ3n) is 4.70. The summed E-state index contributed by atoms with van der Waals surface area (Å²) in [5.74, 6) is -0.0876. The number of amides is 1. The van der Waals surface area contributed by atoms with Crippen LogP contribution < -0.4 is 10.9 Å². The lowest BCUT2D eigenvalue weighted by molar-refractivity contribution is -0.113. The minimum absolute atomic E-state index is 0.113. The lowest BCUT2D eigenvalue weighted by Gasteiger charge is -2.10. The summed E-state index contributed by atoms with van der Waals surface area (Å²) in [7, 11) is 0. The molecule has 0 fully saturated rings. The first kappa shape index (κ1) is 21.5. The second-order valence-corrected chi connectivity index (χ2v) is 8.94. The van der Waals surface area contributed by atoms with Crippen LogP contribution in [-0.2, 0) is 11.3 Å². The van der Waals surface area contributed by atoms with Gasteiger partial charge in [0.25, 0.3) is 5.56 Å². The fourth-order valence-electron chi connectivity index (χ4n) is 3.07. The maximum Gasteiger partial charge on any atom is 0.273 e. The number of carbonyl (C=O) groups is 1. The third-order valence-corrected chi connectivity index (χ3v) is 6.90. The van der Waals surface area contributed by atoms with E-state index in [0.717, 1.165) is 22.7 Å². The van der Waals surface area contributed by atoms with Crippen LogP contribution in [0.1, 0.15) is 12.5 Å². The molecule has 6 nitrogen and oxygen atoms in total. The van der Waals surface area contributed by atoms with Gasteiger partial charge in [-0.05, 0) is 43.1 Å². The number of aryl methyl sites for hydroxylation is 1. The van der Waals surface area contributed by atoms with Crippen molar-refractivity contribution >= 4 is 56.7 Å². The molecule has 0 atom stereocenters. The Bertz CT molecular complexity index is 1320. The highest BCUT2D eigenvalue weighted by molar-refractivity contribution is 7.99. The molecule has 0 aliphatic heterocycles. The van der Waals surface area contributed by atoms with Gasteiger partial charge in [-0.1, -0.05) is 59.8 Å². The standard InChI is InChI=1S/C22H19ClN4O2S2/c1-3-27-21(29)20-19(18(26-31-20)14-7-5-4-6-8-14)25-22(27)30-12-17(28)24-15-10-9-13(2)16(23)11-15/h4-11H,3,12H2,1-2H3,(H,24,28). The van der Waals surface area contributed by atoms with E-state index in [1.165, 1.54) is 11.8 Å². The molecule has 0 unspecified atom stereocenters. The summed E-state index contributed by atoms with van der Waals surface area (Å²) in [4.78, 5) is 30.2. The molecule has 0 aliphatic rings. The molecule has 158 valence electrons. The summed E-state index contributed by atoms with van der Waals surface area (Å²) < 4.78 is 6.57. The molecule has 31 heavy (non-hydrogen) atoms. The van der Waals surface area contributed by atoms with E-state index in [1.54, 1.807) is 16.7 Å². The summed E-state index contributed by atoms with van der Waals surface area (Å²) in [5.41, 5.74) is 3.59. The lowest BCUT2D eigenvalue weighted by atomic mass is 10.1. The van der Waals surface area contributed by atoms with Gasteiger partial charge in [-0.2, -0.15) is 4.37 Å². The number of hydrogen-bond acceptors (Lipinski definition) is 6. The number of fused-ring (bicyclic) bond motifs is 1. The quantitative estimate of drug-likeness (QED) is 0.308. The first-order chi connectivity index (χ1) is 15.0. The zero-order valence-corrected chi connectivity index (χ0v) is 19.3. The molecule has 4 rings (SSSR count). The van der Waals surface area contributed by atoms with Gasteiger partial charge < -0.3 is 5.32 Å². The Morgan fingerprint density at radius 3 is 2.71 bits per heavy atom. The van der Waals surface area contributed by atoms with E-state index in [2.05, 4.69) is 9.69 Å². The van der Waals surface area contributed by atoms with E-state index < -0.39 is 0 Å². The molecule has 0 saturated heterocycles. The predicted octanol–water partition coefficient (Wildman–Crippen LogP) is 5.23. The molecule has 2 aromatic heterocycles. The number of anilines is 1. The van der Waals surface area contributed by atoms with Crippen LogP contribution in [0.5, 0.6) is 0 Å². The average molecular weight is 471 g/mol. The normalized spacial score (nSPS) is 11.1. The van der Waals surface area contributed by atoms with Crippen molar-refractivity contribution in [3.05, 3.63) is 69.5 Å². The van der Waals surface area contributed by atoms with Crippen LogP contribution in [0.2, 0.25) is 5.02 Å². The number of nitrogens with zero attached hydrogens (tertiary/aromatic N) is 3. The molecule has 1 amide bonds. The zero-order chi connectivity index (χ0) is 22.0. The van der Waals surface area contributed by atoms with Crippen LogP contribution in [0, 0.1) is 6.92 Å². The summed E-state index contributed by atoms with van der Waals surface area (Å²) in [6.45, 7) is 4.24. The van der Waals surface area contributed by atoms with Crippen LogP contribution in [0.4, 0.5) is 5.69 Å². The van der Waals surface area contributed by atoms with Gasteiger partial charge in [-0.15, -0.1) is 0 Å². The van der Waals surface area contributed by atoms with Crippen molar-refractivity contribution in [3.63, 3.8) is 0 Å². The molecule has 9 heteroatoms. The van der Waals surface area contributed by atoms with E-state index in [0.29, 0.717) is 38.3 Å². The maximum atomic E-state index is 13.0. The number of thioether (sulfide) groups is 1. The van der Waals surface area contributed by atoms with Crippen LogP contribution >= 0.6 is 34.9 Å². The summed E-state index contributed by atoms with van der Waals surface area (Å²) in [6, 6.07) is 15.0. The van der Waals surface area contributed by atoms with Gasteiger partial charge in [0.05, 0.1) is 5.75 Å². The Hall–Kier alpha value is -2.68. The second kappa shape index (κ2) is 9.21. The molecule has 2 heterocycles. The molecule has 0 bridgehead atoms. The van der Waals surface area contributed by atoms with Gasteiger partial charge >= 0.3 is 0 Å². The molecule has 2 aromatic carbocycles. The van der Waals surface area contributed by atoms with E-state index in [4.69, 9.17) is 16.6 Å². The first-order valence-corrected chi connectivity index (χ1v) is 11.8. The maximum absolute atomic E-state index is 13.0. The molecule has 0 radical (unpaired) electrons. The number of carbonyl (C=O) groups excluding carboxylic acids is 1. The van der Waals surface area contributed by atoms with E-state index >= 15 is 0 Å². The van der Waals surface area contributed by atoms with Crippen molar-refractivity contribution < 1.29 is 4.79 Å². The van der Waals surface area contributed by atoms with Crippen molar-refractivity contribution in [3.8, 4) is 11.3 Å². The highest BCUT2D eigenvalue weighted by atomic mass is 35.5. The van der Waals surface area contributed by atoms with Crippen molar-refractivity contribution in [2.45, 2.75) is 25.5 Å². The van der Waals surface area contributed by atoms with Crippen molar-refractivity contribution in [1.82, 2.24) is 13.9 Å². The predicted molar refractivity (Wildman–Crippen MR) is 128 cm³/mol. The fraction of sp³-hybridized carbons (Fsp3) is 0.182. The number of hydrogen-bond donors (Lipinski definition) is 1.